The third kappa shape index (κ3) is 5.11. The summed E-state index contributed by atoms with van der Waals surface area (Å²) in [6.45, 7) is 0.445. The third-order valence-electron chi connectivity index (χ3n) is 3.88. The van der Waals surface area contributed by atoms with E-state index in [0.29, 0.717) is 21.7 Å². The van der Waals surface area contributed by atoms with Crippen molar-refractivity contribution >= 4 is 57.2 Å². The molecule has 14 heteroatoms. The molecule has 0 aliphatic carbocycles. The second kappa shape index (κ2) is 9.19. The van der Waals surface area contributed by atoms with Crippen LogP contribution in [0.5, 0.6) is 0 Å². The summed E-state index contributed by atoms with van der Waals surface area (Å²) >= 11 is 8.43. The summed E-state index contributed by atoms with van der Waals surface area (Å²) in [5.74, 6) is -0.930. The summed E-state index contributed by atoms with van der Waals surface area (Å²) in [6.07, 6.45) is 1.16. The Morgan fingerprint density at radius 2 is 2.17 bits per heavy atom. The highest BCUT2D eigenvalue weighted by atomic mass is 35.5. The van der Waals surface area contributed by atoms with E-state index in [1.807, 2.05) is 6.07 Å². The zero-order valence-electron chi connectivity index (χ0n) is 15.8. The van der Waals surface area contributed by atoms with E-state index in [0.717, 1.165) is 15.8 Å². The van der Waals surface area contributed by atoms with Gasteiger partial charge in [0.25, 0.3) is 5.91 Å². The number of rotatable bonds is 7. The number of urea groups is 1. The molecule has 3 rings (SSSR count). The number of thiazole rings is 1. The molecule has 0 saturated heterocycles. The number of nitro groups is 1. The number of amides is 3. The van der Waals surface area contributed by atoms with Crippen molar-refractivity contribution in [1.82, 2.24) is 25.0 Å². The van der Waals surface area contributed by atoms with Crippen molar-refractivity contribution in [1.29, 1.82) is 0 Å². The monoisotopic (exact) mass is 469 g/mol. The van der Waals surface area contributed by atoms with Crippen LogP contribution >= 0.6 is 34.3 Å². The number of hydrogen-bond acceptors (Lipinski definition) is 8. The Hall–Kier alpha value is -3.03. The lowest BCUT2D eigenvalue weighted by molar-refractivity contribution is -0.392. The zero-order chi connectivity index (χ0) is 21.8. The van der Waals surface area contributed by atoms with Gasteiger partial charge < -0.3 is 20.3 Å². The molecule has 3 aromatic heterocycles. The van der Waals surface area contributed by atoms with E-state index in [1.54, 1.807) is 11.4 Å². The Bertz CT molecular complexity index is 1090. The number of aromatic nitrogens is 3. The van der Waals surface area contributed by atoms with E-state index in [2.05, 4.69) is 20.7 Å². The Balaban J connectivity index is 1.56. The molecule has 11 nitrogen and oxygen atoms in total. The van der Waals surface area contributed by atoms with E-state index in [1.165, 1.54) is 41.7 Å². The van der Waals surface area contributed by atoms with Gasteiger partial charge in [-0.15, -0.1) is 27.4 Å². The van der Waals surface area contributed by atoms with Gasteiger partial charge in [-0.05, 0) is 17.1 Å². The van der Waals surface area contributed by atoms with Crippen molar-refractivity contribution in [2.45, 2.75) is 13.1 Å². The molecule has 0 aliphatic rings. The predicted molar refractivity (Wildman–Crippen MR) is 113 cm³/mol. The van der Waals surface area contributed by atoms with E-state index in [4.69, 9.17) is 11.6 Å². The van der Waals surface area contributed by atoms with Crippen molar-refractivity contribution in [3.8, 4) is 0 Å². The largest absolute Gasteiger partial charge is 0.358 e. The summed E-state index contributed by atoms with van der Waals surface area (Å²) in [6, 6.07) is 3.16. The van der Waals surface area contributed by atoms with Gasteiger partial charge in [-0.1, -0.05) is 16.7 Å². The maximum absolute atomic E-state index is 12.5. The minimum atomic E-state index is -0.651. The van der Waals surface area contributed by atoms with Crippen LogP contribution in [0.2, 0.25) is 4.34 Å². The molecule has 0 unspecified atom stereocenters. The first kappa shape index (κ1) is 21.7. The number of thiophene rings is 1. The highest BCUT2D eigenvalue weighted by Gasteiger charge is 2.27. The zero-order valence-corrected chi connectivity index (χ0v) is 18.2. The normalized spacial score (nSPS) is 10.6. The van der Waals surface area contributed by atoms with E-state index in [9.17, 15) is 19.7 Å². The molecule has 0 radical (unpaired) electrons. The quantitative estimate of drug-likeness (QED) is 0.403. The Kier molecular flexibility index (Phi) is 6.64. The first-order valence-corrected chi connectivity index (χ1v) is 10.5. The summed E-state index contributed by atoms with van der Waals surface area (Å²) in [5.41, 5.74) is 0.425. The van der Waals surface area contributed by atoms with Crippen molar-refractivity contribution in [3.05, 3.63) is 54.3 Å². The SMILES string of the molecule is CN(Cc1csc(NC(=O)NCc2ccc(Cl)s2)n1)C(=O)c1cnn(C)c1[N+](=O)[O-]. The lowest BCUT2D eigenvalue weighted by Crippen LogP contribution is -2.28. The molecule has 3 amide bonds. The van der Waals surface area contributed by atoms with Crippen molar-refractivity contribution in [2.75, 3.05) is 12.4 Å². The lowest BCUT2D eigenvalue weighted by atomic mass is 10.3. The molecule has 0 aliphatic heterocycles. The molecule has 0 bridgehead atoms. The maximum Gasteiger partial charge on any atom is 0.357 e. The molecular weight excluding hydrogens is 454 g/mol. The van der Waals surface area contributed by atoms with Gasteiger partial charge in [-0.25, -0.2) is 9.78 Å². The molecular formula is C16H16ClN7O4S2. The second-order valence-electron chi connectivity index (χ2n) is 6.08. The van der Waals surface area contributed by atoms with Crippen LogP contribution in [0.1, 0.15) is 20.9 Å². The highest BCUT2D eigenvalue weighted by molar-refractivity contribution is 7.16. The van der Waals surface area contributed by atoms with Gasteiger partial charge in [0.15, 0.2) is 10.7 Å². The van der Waals surface area contributed by atoms with Crippen molar-refractivity contribution in [2.24, 2.45) is 7.05 Å². The van der Waals surface area contributed by atoms with Gasteiger partial charge in [0, 0.05) is 17.3 Å². The fourth-order valence-electron chi connectivity index (χ4n) is 2.51. The molecule has 158 valence electrons. The number of carbonyl (C=O) groups is 2. The average molecular weight is 470 g/mol. The highest BCUT2D eigenvalue weighted by Crippen LogP contribution is 2.22. The Labute approximate surface area is 183 Å². The minimum Gasteiger partial charge on any atom is -0.358 e. The van der Waals surface area contributed by atoms with Gasteiger partial charge in [0.05, 0.1) is 29.3 Å². The van der Waals surface area contributed by atoms with Crippen LogP contribution in [0.25, 0.3) is 0 Å². The van der Waals surface area contributed by atoms with Gasteiger partial charge in [-0.3, -0.25) is 10.1 Å². The van der Waals surface area contributed by atoms with Crippen LogP contribution in [0.4, 0.5) is 15.7 Å². The van der Waals surface area contributed by atoms with Gasteiger partial charge in [0.2, 0.25) is 0 Å². The molecule has 2 N–H and O–H groups in total. The number of hydrogen-bond donors (Lipinski definition) is 2. The molecule has 0 saturated carbocycles. The summed E-state index contributed by atoms with van der Waals surface area (Å²) in [7, 11) is 2.90. The number of nitrogens with one attached hydrogen (secondary N) is 2. The van der Waals surface area contributed by atoms with Crippen molar-refractivity contribution in [3.63, 3.8) is 0 Å². The second-order valence-corrected chi connectivity index (χ2v) is 8.74. The standard InChI is InChI=1S/C16H16ClN7O4S2/c1-22(14(25)11-6-19-23(2)13(11)24(27)28)7-9-8-29-16(20-9)21-15(26)18-5-10-3-4-12(17)30-10/h3-4,6,8H,5,7H2,1-2H3,(H2,18,20,21,26). The van der Waals surface area contributed by atoms with Gasteiger partial charge in [0.1, 0.15) is 7.05 Å². The molecule has 3 heterocycles. The number of halogens is 1. The van der Waals surface area contributed by atoms with Crippen LogP contribution in [-0.2, 0) is 20.1 Å². The summed E-state index contributed by atoms with van der Waals surface area (Å²) < 4.78 is 1.68. The molecule has 0 aromatic carbocycles. The fourth-order valence-corrected chi connectivity index (χ4v) is 4.24. The smallest absolute Gasteiger partial charge is 0.357 e. The first-order chi connectivity index (χ1) is 14.2. The van der Waals surface area contributed by atoms with Crippen molar-refractivity contribution < 1.29 is 14.5 Å². The van der Waals surface area contributed by atoms with Crippen LogP contribution in [0.3, 0.4) is 0 Å². The summed E-state index contributed by atoms with van der Waals surface area (Å²) in [5, 5.41) is 22.3. The maximum atomic E-state index is 12.5. The first-order valence-electron chi connectivity index (χ1n) is 8.40. The number of anilines is 1. The molecule has 3 aromatic rings. The Morgan fingerprint density at radius 3 is 2.83 bits per heavy atom. The summed E-state index contributed by atoms with van der Waals surface area (Å²) in [4.78, 5) is 41.5. The number of aryl methyl sites for hydroxylation is 1. The number of carbonyl (C=O) groups excluding carboxylic acids is 2. The molecule has 0 fully saturated rings. The van der Waals surface area contributed by atoms with Crippen LogP contribution < -0.4 is 10.6 Å². The van der Waals surface area contributed by atoms with Gasteiger partial charge >= 0.3 is 11.8 Å². The average Bonchev–Trinajstić information content (AvgIpc) is 3.40. The Morgan fingerprint density at radius 1 is 1.40 bits per heavy atom. The van der Waals surface area contributed by atoms with Crippen LogP contribution in [-0.4, -0.2) is 43.6 Å². The predicted octanol–water partition coefficient (Wildman–Crippen LogP) is 3.09. The lowest BCUT2D eigenvalue weighted by Gasteiger charge is -2.14. The number of nitrogens with zero attached hydrogens (tertiary/aromatic N) is 5. The minimum absolute atomic E-state index is 0.105. The van der Waals surface area contributed by atoms with E-state index >= 15 is 0 Å². The van der Waals surface area contributed by atoms with Crippen LogP contribution in [0.15, 0.2) is 23.7 Å². The topological polar surface area (TPSA) is 135 Å². The fraction of sp³-hybridized carbons (Fsp3) is 0.250. The molecule has 0 atom stereocenters. The van der Waals surface area contributed by atoms with E-state index in [-0.39, 0.29) is 17.9 Å². The third-order valence-corrected chi connectivity index (χ3v) is 5.92. The van der Waals surface area contributed by atoms with Gasteiger partial charge in [-0.2, -0.15) is 0 Å². The van der Waals surface area contributed by atoms with E-state index < -0.39 is 16.9 Å². The van der Waals surface area contributed by atoms with Crippen LogP contribution in [0, 0.1) is 10.1 Å². The molecule has 30 heavy (non-hydrogen) atoms. The molecule has 0 spiro atoms.